The van der Waals surface area contributed by atoms with Crippen molar-refractivity contribution in [1.82, 2.24) is 15.1 Å². The van der Waals surface area contributed by atoms with Gasteiger partial charge in [0.25, 0.3) is 0 Å². The van der Waals surface area contributed by atoms with Crippen LogP contribution in [0.3, 0.4) is 0 Å². The molecule has 5 nitrogen and oxygen atoms in total. The van der Waals surface area contributed by atoms with Crippen molar-refractivity contribution in [2.75, 3.05) is 33.2 Å². The molecule has 0 spiro atoms. The van der Waals surface area contributed by atoms with Gasteiger partial charge in [-0.25, -0.2) is 0 Å². The van der Waals surface area contributed by atoms with E-state index in [9.17, 15) is 9.59 Å². The molecule has 2 saturated heterocycles. The molecule has 2 aliphatic rings. The van der Waals surface area contributed by atoms with Gasteiger partial charge in [0.15, 0.2) is 0 Å². The highest BCUT2D eigenvalue weighted by molar-refractivity contribution is 5.84. The molecule has 2 amide bonds. The Kier molecular flexibility index (Phi) is 5.48. The highest BCUT2D eigenvalue weighted by atomic mass is 16.2. The number of likely N-dealkylation sites (tertiary alicyclic amines) is 2. The summed E-state index contributed by atoms with van der Waals surface area (Å²) < 4.78 is 0. The van der Waals surface area contributed by atoms with Crippen LogP contribution in [-0.2, 0) is 9.59 Å². The van der Waals surface area contributed by atoms with Gasteiger partial charge in [-0.3, -0.25) is 9.59 Å². The summed E-state index contributed by atoms with van der Waals surface area (Å²) in [5.41, 5.74) is -0.368. The van der Waals surface area contributed by atoms with Crippen LogP contribution >= 0.6 is 0 Å². The van der Waals surface area contributed by atoms with Gasteiger partial charge < -0.3 is 15.1 Å². The van der Waals surface area contributed by atoms with E-state index in [1.807, 2.05) is 37.6 Å². The Morgan fingerprint density at radius 1 is 1.00 bits per heavy atom. The molecular formula is C17H31N3O2. The lowest BCUT2D eigenvalue weighted by atomic mass is 9.90. The number of likely N-dealkylation sites (N-methyl/N-ethyl adjacent to an activating group) is 1. The number of nitrogens with zero attached hydrogens (tertiary/aromatic N) is 2. The second kappa shape index (κ2) is 6.99. The van der Waals surface area contributed by atoms with Gasteiger partial charge in [-0.1, -0.05) is 20.8 Å². The Morgan fingerprint density at radius 3 is 2.27 bits per heavy atom. The first-order valence-corrected chi connectivity index (χ1v) is 8.58. The minimum absolute atomic E-state index is 0.0179. The Morgan fingerprint density at radius 2 is 1.64 bits per heavy atom. The smallest absolute Gasteiger partial charge is 0.227 e. The fourth-order valence-electron chi connectivity index (χ4n) is 3.51. The monoisotopic (exact) mass is 309 g/mol. The van der Waals surface area contributed by atoms with E-state index >= 15 is 0 Å². The molecule has 2 atom stereocenters. The third-order valence-electron chi connectivity index (χ3n) is 4.84. The van der Waals surface area contributed by atoms with Gasteiger partial charge in [0.1, 0.15) is 0 Å². The molecule has 2 unspecified atom stereocenters. The van der Waals surface area contributed by atoms with Crippen LogP contribution in [0, 0.1) is 11.3 Å². The maximum Gasteiger partial charge on any atom is 0.227 e. The molecule has 0 aromatic heterocycles. The Labute approximate surface area is 134 Å². The minimum Gasteiger partial charge on any atom is -0.341 e. The normalized spacial score (nSPS) is 26.9. The standard InChI is InChI=1S/C17H31N3O2/c1-17(2,3)16(22)20-10-5-7-13(11-20)15(21)19-9-6-8-14(12-19)18-4/h13-14,18H,5-12H2,1-4H3. The predicted molar refractivity (Wildman–Crippen MR) is 87.4 cm³/mol. The van der Waals surface area contributed by atoms with Gasteiger partial charge in [-0.05, 0) is 32.7 Å². The highest BCUT2D eigenvalue weighted by Gasteiger charge is 2.35. The predicted octanol–water partition coefficient (Wildman–Crippen LogP) is 1.48. The summed E-state index contributed by atoms with van der Waals surface area (Å²) in [6.07, 6.45) is 4.04. The zero-order valence-corrected chi connectivity index (χ0v) is 14.5. The molecule has 2 fully saturated rings. The zero-order valence-electron chi connectivity index (χ0n) is 14.5. The fourth-order valence-corrected chi connectivity index (χ4v) is 3.51. The van der Waals surface area contributed by atoms with Crippen LogP contribution in [0.2, 0.25) is 0 Å². The van der Waals surface area contributed by atoms with E-state index in [4.69, 9.17) is 0 Å². The fraction of sp³-hybridized carbons (Fsp3) is 0.882. The van der Waals surface area contributed by atoms with Crippen LogP contribution in [0.4, 0.5) is 0 Å². The maximum atomic E-state index is 12.8. The highest BCUT2D eigenvalue weighted by Crippen LogP contribution is 2.25. The van der Waals surface area contributed by atoms with Crippen LogP contribution in [0.1, 0.15) is 46.5 Å². The van der Waals surface area contributed by atoms with Crippen LogP contribution in [0.25, 0.3) is 0 Å². The lowest BCUT2D eigenvalue weighted by Gasteiger charge is -2.39. The summed E-state index contributed by atoms with van der Waals surface area (Å²) in [4.78, 5) is 29.1. The summed E-state index contributed by atoms with van der Waals surface area (Å²) in [6.45, 7) is 8.89. The number of hydrogen-bond acceptors (Lipinski definition) is 3. The third kappa shape index (κ3) is 4.00. The molecule has 0 aromatic carbocycles. The summed E-state index contributed by atoms with van der Waals surface area (Å²) in [6, 6.07) is 0.411. The summed E-state index contributed by atoms with van der Waals surface area (Å²) >= 11 is 0. The number of piperidine rings is 2. The second-order valence-corrected chi connectivity index (χ2v) is 7.75. The molecule has 2 heterocycles. The van der Waals surface area contributed by atoms with Gasteiger partial charge in [0.2, 0.25) is 11.8 Å². The van der Waals surface area contributed by atoms with Crippen LogP contribution in [0.15, 0.2) is 0 Å². The lowest BCUT2D eigenvalue weighted by Crippen LogP contribution is -2.53. The van der Waals surface area contributed by atoms with Crippen molar-refractivity contribution in [3.63, 3.8) is 0 Å². The van der Waals surface area contributed by atoms with Crippen molar-refractivity contribution in [1.29, 1.82) is 0 Å². The average Bonchev–Trinajstić information content (AvgIpc) is 2.52. The van der Waals surface area contributed by atoms with E-state index in [2.05, 4.69) is 5.32 Å². The number of rotatable bonds is 2. The average molecular weight is 309 g/mol. The quantitative estimate of drug-likeness (QED) is 0.841. The van der Waals surface area contributed by atoms with Crippen LogP contribution in [0.5, 0.6) is 0 Å². The Balaban J connectivity index is 1.97. The largest absolute Gasteiger partial charge is 0.341 e. The summed E-state index contributed by atoms with van der Waals surface area (Å²) in [7, 11) is 1.96. The van der Waals surface area contributed by atoms with Crippen LogP contribution in [-0.4, -0.2) is 60.9 Å². The third-order valence-corrected chi connectivity index (χ3v) is 4.84. The van der Waals surface area contributed by atoms with Crippen molar-refractivity contribution in [2.45, 2.75) is 52.5 Å². The molecule has 0 saturated carbocycles. The van der Waals surface area contributed by atoms with E-state index in [1.54, 1.807) is 0 Å². The van der Waals surface area contributed by atoms with Crippen molar-refractivity contribution in [3.05, 3.63) is 0 Å². The molecule has 0 radical (unpaired) electrons. The topological polar surface area (TPSA) is 52.7 Å². The first kappa shape index (κ1) is 17.3. The molecule has 2 rings (SSSR count). The summed E-state index contributed by atoms with van der Waals surface area (Å²) in [5, 5.41) is 3.28. The van der Waals surface area contributed by atoms with E-state index in [1.165, 1.54) is 0 Å². The van der Waals surface area contributed by atoms with Crippen molar-refractivity contribution >= 4 is 11.8 Å². The van der Waals surface area contributed by atoms with Crippen molar-refractivity contribution in [2.24, 2.45) is 11.3 Å². The van der Waals surface area contributed by atoms with Gasteiger partial charge in [-0.2, -0.15) is 0 Å². The number of hydrogen-bond donors (Lipinski definition) is 1. The van der Waals surface area contributed by atoms with Crippen LogP contribution < -0.4 is 5.32 Å². The molecule has 126 valence electrons. The van der Waals surface area contributed by atoms with Crippen molar-refractivity contribution < 1.29 is 9.59 Å². The molecule has 2 aliphatic heterocycles. The number of carbonyl (C=O) groups is 2. The zero-order chi connectivity index (χ0) is 16.3. The number of nitrogens with one attached hydrogen (secondary N) is 1. The molecular weight excluding hydrogens is 278 g/mol. The number of amides is 2. The SMILES string of the molecule is CNC1CCCN(C(=O)C2CCCN(C(=O)C(C)(C)C)C2)C1. The second-order valence-electron chi connectivity index (χ2n) is 7.75. The first-order valence-electron chi connectivity index (χ1n) is 8.58. The molecule has 22 heavy (non-hydrogen) atoms. The van der Waals surface area contributed by atoms with E-state index in [-0.39, 0.29) is 23.1 Å². The first-order chi connectivity index (χ1) is 10.3. The lowest BCUT2D eigenvalue weighted by molar-refractivity contribution is -0.145. The van der Waals surface area contributed by atoms with Gasteiger partial charge in [0.05, 0.1) is 5.92 Å². The van der Waals surface area contributed by atoms with Gasteiger partial charge in [-0.15, -0.1) is 0 Å². The number of carbonyl (C=O) groups excluding carboxylic acids is 2. The molecule has 1 N–H and O–H groups in total. The van der Waals surface area contributed by atoms with E-state index < -0.39 is 0 Å². The van der Waals surface area contributed by atoms with Crippen molar-refractivity contribution in [3.8, 4) is 0 Å². The van der Waals surface area contributed by atoms with Gasteiger partial charge in [0, 0.05) is 37.6 Å². The Bertz CT molecular complexity index is 417. The molecule has 0 bridgehead atoms. The molecule has 0 aliphatic carbocycles. The Hall–Kier alpha value is -1.10. The maximum absolute atomic E-state index is 12.8. The van der Waals surface area contributed by atoms with E-state index in [0.717, 1.165) is 45.3 Å². The summed E-state index contributed by atoms with van der Waals surface area (Å²) in [5.74, 6) is 0.388. The molecule has 0 aromatic rings. The van der Waals surface area contributed by atoms with E-state index in [0.29, 0.717) is 12.6 Å². The van der Waals surface area contributed by atoms with Gasteiger partial charge >= 0.3 is 0 Å². The molecule has 5 heteroatoms. The minimum atomic E-state index is -0.368.